The number of imidazole rings is 1. The number of nitrogens with zero attached hydrogens (tertiary/aromatic N) is 2. The summed E-state index contributed by atoms with van der Waals surface area (Å²) < 4.78 is 1.14. The molecule has 2 aromatic carbocycles. The average Bonchev–Trinajstić information content (AvgIpc) is 3.15. The van der Waals surface area contributed by atoms with Crippen molar-refractivity contribution in [2.24, 2.45) is 5.92 Å². The SMILES string of the molecule is CC(=O)c1ccc(NC(=O)c2nc(-c3ccc(SC(C)(C)C(=O)O)cc3)n(CCCC(C)C)c2C)cc1. The van der Waals surface area contributed by atoms with Gasteiger partial charge >= 0.3 is 5.97 Å². The van der Waals surface area contributed by atoms with Crippen molar-refractivity contribution in [1.29, 1.82) is 0 Å². The van der Waals surface area contributed by atoms with Crippen LogP contribution in [0.2, 0.25) is 0 Å². The number of amides is 1. The third-order valence-corrected chi connectivity index (χ3v) is 7.34. The number of rotatable bonds is 11. The van der Waals surface area contributed by atoms with Crippen LogP contribution in [-0.2, 0) is 11.3 Å². The van der Waals surface area contributed by atoms with E-state index in [0.29, 0.717) is 28.7 Å². The molecule has 1 aromatic heterocycles. The van der Waals surface area contributed by atoms with Crippen molar-refractivity contribution in [1.82, 2.24) is 9.55 Å². The molecule has 7 nitrogen and oxygen atoms in total. The van der Waals surface area contributed by atoms with E-state index in [1.54, 1.807) is 38.1 Å². The molecule has 0 bridgehead atoms. The third-order valence-electron chi connectivity index (χ3n) is 6.15. The molecular weight excluding hydrogens is 486 g/mol. The minimum atomic E-state index is -0.943. The molecule has 8 heteroatoms. The Morgan fingerprint density at radius 2 is 1.68 bits per heavy atom. The molecule has 0 unspecified atom stereocenters. The second-order valence-corrected chi connectivity index (χ2v) is 11.8. The normalized spacial score (nSPS) is 11.5. The van der Waals surface area contributed by atoms with Crippen molar-refractivity contribution >= 4 is 35.1 Å². The van der Waals surface area contributed by atoms with Crippen molar-refractivity contribution < 1.29 is 19.5 Å². The number of carboxylic acids is 1. The van der Waals surface area contributed by atoms with Gasteiger partial charge in [0.2, 0.25) is 0 Å². The van der Waals surface area contributed by atoms with Crippen molar-refractivity contribution in [3.8, 4) is 11.4 Å². The van der Waals surface area contributed by atoms with Crippen LogP contribution < -0.4 is 5.32 Å². The molecule has 2 N–H and O–H groups in total. The summed E-state index contributed by atoms with van der Waals surface area (Å²) >= 11 is 1.28. The molecule has 0 radical (unpaired) electrons. The highest BCUT2D eigenvalue weighted by Crippen LogP contribution is 2.34. The number of carbonyl (C=O) groups excluding carboxylic acids is 2. The molecule has 3 rings (SSSR count). The Labute approximate surface area is 222 Å². The van der Waals surface area contributed by atoms with Gasteiger partial charge in [-0.25, -0.2) is 4.98 Å². The number of nitrogens with one attached hydrogen (secondary N) is 1. The van der Waals surface area contributed by atoms with Gasteiger partial charge in [0.25, 0.3) is 5.91 Å². The van der Waals surface area contributed by atoms with Crippen molar-refractivity contribution in [2.45, 2.75) is 70.6 Å². The molecule has 0 saturated heterocycles. The lowest BCUT2D eigenvalue weighted by Gasteiger charge is -2.18. The number of ketones is 1. The summed E-state index contributed by atoms with van der Waals surface area (Å²) in [7, 11) is 0. The lowest BCUT2D eigenvalue weighted by atomic mass is 10.1. The first kappa shape index (κ1) is 28.2. The number of anilines is 1. The van der Waals surface area contributed by atoms with Crippen molar-refractivity contribution in [2.75, 3.05) is 5.32 Å². The number of aromatic nitrogens is 2. The zero-order chi connectivity index (χ0) is 27.3. The quantitative estimate of drug-likeness (QED) is 0.215. The standard InChI is InChI=1S/C29H35N3O4S/c1-18(2)8-7-17-32-19(3)25(27(34)30-23-13-9-21(10-14-23)20(4)33)31-26(32)22-11-15-24(16-12-22)37-29(5,6)28(35)36/h9-16,18H,7-8,17H2,1-6H3,(H,30,34)(H,35,36). The van der Waals surface area contributed by atoms with Gasteiger partial charge in [-0.15, -0.1) is 11.8 Å². The van der Waals surface area contributed by atoms with Crippen LogP contribution in [0.4, 0.5) is 5.69 Å². The highest BCUT2D eigenvalue weighted by molar-refractivity contribution is 8.01. The second kappa shape index (κ2) is 11.8. The predicted molar refractivity (Wildman–Crippen MR) is 148 cm³/mol. The van der Waals surface area contributed by atoms with Gasteiger partial charge in [0.05, 0.1) is 0 Å². The maximum atomic E-state index is 13.2. The lowest BCUT2D eigenvalue weighted by Crippen LogP contribution is -2.26. The molecule has 0 aliphatic rings. The summed E-state index contributed by atoms with van der Waals surface area (Å²) in [6, 6.07) is 14.4. The van der Waals surface area contributed by atoms with Crippen molar-refractivity contribution in [3.63, 3.8) is 0 Å². The molecule has 0 aliphatic carbocycles. The molecule has 196 valence electrons. The maximum Gasteiger partial charge on any atom is 0.319 e. The Morgan fingerprint density at radius 1 is 1.05 bits per heavy atom. The molecule has 1 amide bonds. The van der Waals surface area contributed by atoms with Gasteiger partial charge in [-0.1, -0.05) is 26.0 Å². The molecule has 3 aromatic rings. The van der Waals surface area contributed by atoms with E-state index >= 15 is 0 Å². The minimum Gasteiger partial charge on any atom is -0.480 e. The summed E-state index contributed by atoms with van der Waals surface area (Å²) in [5.74, 6) is 0.0561. The largest absolute Gasteiger partial charge is 0.480 e. The van der Waals surface area contributed by atoms with Gasteiger partial charge in [-0.3, -0.25) is 14.4 Å². The van der Waals surface area contributed by atoms with E-state index in [4.69, 9.17) is 4.98 Å². The molecule has 0 atom stereocenters. The fourth-order valence-electron chi connectivity index (χ4n) is 3.89. The monoisotopic (exact) mass is 521 g/mol. The van der Waals surface area contributed by atoms with Gasteiger partial charge in [0.1, 0.15) is 16.3 Å². The average molecular weight is 522 g/mol. The van der Waals surface area contributed by atoms with Gasteiger partial charge in [0.15, 0.2) is 5.78 Å². The topological polar surface area (TPSA) is 101 Å². The molecule has 0 spiro atoms. The molecule has 1 heterocycles. The number of carboxylic acid groups (broad SMARTS) is 1. The molecule has 0 saturated carbocycles. The maximum absolute atomic E-state index is 13.2. The van der Waals surface area contributed by atoms with E-state index in [2.05, 4.69) is 23.7 Å². The van der Waals surface area contributed by atoms with E-state index in [1.807, 2.05) is 31.2 Å². The molecular formula is C29H35N3O4S. The van der Waals surface area contributed by atoms with Crippen LogP contribution in [0.15, 0.2) is 53.4 Å². The highest BCUT2D eigenvalue weighted by Gasteiger charge is 2.28. The van der Waals surface area contributed by atoms with Crippen LogP contribution in [-0.4, -0.2) is 37.1 Å². The van der Waals surface area contributed by atoms with E-state index in [1.165, 1.54) is 18.7 Å². The first-order chi connectivity index (χ1) is 17.4. The van der Waals surface area contributed by atoms with E-state index in [0.717, 1.165) is 35.5 Å². The molecule has 0 aliphatic heterocycles. The highest BCUT2D eigenvalue weighted by atomic mass is 32.2. The predicted octanol–water partition coefficient (Wildman–Crippen LogP) is 6.70. The Hall–Kier alpha value is -3.39. The summed E-state index contributed by atoms with van der Waals surface area (Å²) in [6.45, 7) is 11.9. The smallest absolute Gasteiger partial charge is 0.319 e. The van der Waals surface area contributed by atoms with E-state index < -0.39 is 10.7 Å². The minimum absolute atomic E-state index is 0.0329. The van der Waals surface area contributed by atoms with Crippen LogP contribution in [0.5, 0.6) is 0 Å². The van der Waals surface area contributed by atoms with Gasteiger partial charge < -0.3 is 15.0 Å². The number of carbonyl (C=O) groups is 3. The second-order valence-electron chi connectivity index (χ2n) is 10.1. The van der Waals surface area contributed by atoms with Gasteiger partial charge in [0, 0.05) is 33.9 Å². The summed E-state index contributed by atoms with van der Waals surface area (Å²) in [6.07, 6.45) is 2.01. The van der Waals surface area contributed by atoms with Crippen LogP contribution in [0.1, 0.15) is 74.0 Å². The Bertz CT molecular complexity index is 1280. The summed E-state index contributed by atoms with van der Waals surface area (Å²) in [4.78, 5) is 41.8. The van der Waals surface area contributed by atoms with E-state index in [-0.39, 0.29) is 11.7 Å². The lowest BCUT2D eigenvalue weighted by molar-refractivity contribution is -0.138. The first-order valence-corrected chi connectivity index (χ1v) is 13.2. The fourth-order valence-corrected chi connectivity index (χ4v) is 4.84. The molecule has 37 heavy (non-hydrogen) atoms. The number of thioether (sulfide) groups is 1. The third kappa shape index (κ3) is 7.10. The van der Waals surface area contributed by atoms with Gasteiger partial charge in [-0.2, -0.15) is 0 Å². The number of hydrogen-bond donors (Lipinski definition) is 2. The summed E-state index contributed by atoms with van der Waals surface area (Å²) in [5.41, 5.74) is 3.16. The fraction of sp³-hybridized carbons (Fsp3) is 0.379. The van der Waals surface area contributed by atoms with Crippen LogP contribution in [0, 0.1) is 12.8 Å². The number of aliphatic carboxylic acids is 1. The van der Waals surface area contributed by atoms with Crippen LogP contribution >= 0.6 is 11.8 Å². The van der Waals surface area contributed by atoms with Gasteiger partial charge in [-0.05, 0) is 82.9 Å². The zero-order valence-corrected chi connectivity index (χ0v) is 23.1. The molecule has 0 fully saturated rings. The van der Waals surface area contributed by atoms with Crippen LogP contribution in [0.3, 0.4) is 0 Å². The Kier molecular flexibility index (Phi) is 8.97. The Balaban J connectivity index is 1.91. The number of hydrogen-bond acceptors (Lipinski definition) is 5. The first-order valence-electron chi connectivity index (χ1n) is 12.4. The Morgan fingerprint density at radius 3 is 2.22 bits per heavy atom. The van der Waals surface area contributed by atoms with Crippen LogP contribution in [0.25, 0.3) is 11.4 Å². The van der Waals surface area contributed by atoms with Crippen molar-refractivity contribution in [3.05, 3.63) is 65.5 Å². The number of Topliss-reactive ketones (excluding diaryl/α,β-unsaturated/α-hetero) is 1. The summed E-state index contributed by atoms with van der Waals surface area (Å²) in [5, 5.41) is 12.3. The van der Waals surface area contributed by atoms with E-state index in [9.17, 15) is 19.5 Å². The zero-order valence-electron chi connectivity index (χ0n) is 22.3. The number of benzene rings is 2.